The molecule has 2 heterocycles. The first-order valence-corrected chi connectivity index (χ1v) is 10.0. The van der Waals surface area contributed by atoms with Crippen LogP contribution in [-0.2, 0) is 6.54 Å². The fourth-order valence-corrected chi connectivity index (χ4v) is 4.17. The number of aryl methyl sites for hydroxylation is 4. The number of nitrogens with zero attached hydrogens (tertiary/aromatic N) is 4. The van der Waals surface area contributed by atoms with E-state index in [-0.39, 0.29) is 5.66 Å². The van der Waals surface area contributed by atoms with Crippen LogP contribution in [0.25, 0.3) is 11.3 Å². The summed E-state index contributed by atoms with van der Waals surface area (Å²) in [5.41, 5.74) is 8.03. The number of fused-ring (bicyclic) bond motifs is 1. The molecule has 0 saturated carbocycles. The molecule has 5 nitrogen and oxygen atoms in total. The highest BCUT2D eigenvalue weighted by atomic mass is 15.4. The lowest BCUT2D eigenvalue weighted by molar-refractivity contribution is 0.449. The highest BCUT2D eigenvalue weighted by Gasteiger charge is 2.34. The molecule has 3 rings (SSSR count). The van der Waals surface area contributed by atoms with Crippen LogP contribution in [-0.4, -0.2) is 39.3 Å². The highest BCUT2D eigenvalue weighted by molar-refractivity contribution is 6.06. The lowest BCUT2D eigenvalue weighted by atomic mass is 9.95. The first kappa shape index (κ1) is 19.5. The summed E-state index contributed by atoms with van der Waals surface area (Å²) in [5.74, 6) is 0.995. The molecule has 1 N–H and O–H groups in total. The van der Waals surface area contributed by atoms with Gasteiger partial charge in [-0.15, -0.1) is 0 Å². The summed E-state index contributed by atoms with van der Waals surface area (Å²) < 4.78 is 2.13. The summed E-state index contributed by atoms with van der Waals surface area (Å²) in [6.07, 6.45) is 0. The van der Waals surface area contributed by atoms with Gasteiger partial charge in [0.1, 0.15) is 5.66 Å². The van der Waals surface area contributed by atoms with Crippen LogP contribution >= 0.6 is 0 Å². The number of nitrogens with one attached hydrogen (secondary N) is 1. The van der Waals surface area contributed by atoms with Gasteiger partial charge in [0.25, 0.3) is 0 Å². The Kier molecular flexibility index (Phi) is 5.06. The van der Waals surface area contributed by atoms with E-state index in [0.717, 1.165) is 36.9 Å². The number of hydrogen-bond acceptors (Lipinski definition) is 4. The maximum atomic E-state index is 5.00. The van der Waals surface area contributed by atoms with Gasteiger partial charge in [0.2, 0.25) is 0 Å². The van der Waals surface area contributed by atoms with Crippen molar-refractivity contribution in [3.05, 3.63) is 34.5 Å². The summed E-state index contributed by atoms with van der Waals surface area (Å²) in [6, 6.07) is 4.52. The van der Waals surface area contributed by atoms with Gasteiger partial charge in [0.15, 0.2) is 11.5 Å². The van der Waals surface area contributed by atoms with Crippen molar-refractivity contribution in [3.8, 4) is 11.3 Å². The van der Waals surface area contributed by atoms with E-state index in [1.54, 1.807) is 0 Å². The third kappa shape index (κ3) is 3.35. The predicted octanol–water partition coefficient (Wildman–Crippen LogP) is 4.75. The first-order chi connectivity index (χ1) is 12.7. The van der Waals surface area contributed by atoms with Crippen molar-refractivity contribution in [2.24, 2.45) is 4.99 Å². The van der Waals surface area contributed by atoms with Crippen LogP contribution in [0.15, 0.2) is 17.1 Å². The Balaban J connectivity index is 2.31. The van der Waals surface area contributed by atoms with Gasteiger partial charge in [0.05, 0.1) is 11.4 Å². The molecule has 0 radical (unpaired) electrons. The number of aromatic nitrogens is 2. The Bertz CT molecular complexity index is 861. The quantitative estimate of drug-likeness (QED) is 0.848. The fraction of sp³-hybridized carbons (Fsp3) is 0.545. The van der Waals surface area contributed by atoms with Gasteiger partial charge >= 0.3 is 0 Å². The second kappa shape index (κ2) is 7.02. The van der Waals surface area contributed by atoms with Crippen LogP contribution in [0, 0.1) is 20.8 Å². The van der Waals surface area contributed by atoms with Crippen molar-refractivity contribution in [1.82, 2.24) is 14.7 Å². The van der Waals surface area contributed by atoms with Gasteiger partial charge in [-0.1, -0.05) is 17.7 Å². The maximum Gasteiger partial charge on any atom is 0.156 e. The first-order valence-electron chi connectivity index (χ1n) is 10.0. The zero-order valence-corrected chi connectivity index (χ0v) is 18.1. The molecule has 146 valence electrons. The van der Waals surface area contributed by atoms with Gasteiger partial charge in [-0.05, 0) is 66.5 Å². The van der Waals surface area contributed by atoms with Crippen molar-refractivity contribution in [1.29, 1.82) is 0 Å². The average Bonchev–Trinajstić information content (AvgIpc) is 2.92. The Morgan fingerprint density at radius 3 is 2.15 bits per heavy atom. The Labute approximate surface area is 163 Å². The Morgan fingerprint density at radius 2 is 1.63 bits per heavy atom. The van der Waals surface area contributed by atoms with Crippen LogP contribution in [0.1, 0.15) is 57.0 Å². The lowest BCUT2D eigenvalue weighted by Gasteiger charge is -2.33. The number of hydrogen-bond donors (Lipinski definition) is 1. The van der Waals surface area contributed by atoms with E-state index in [1.165, 1.54) is 27.9 Å². The van der Waals surface area contributed by atoms with E-state index < -0.39 is 0 Å². The summed E-state index contributed by atoms with van der Waals surface area (Å²) in [5, 5.41) is 8.66. The largest absolute Gasteiger partial charge is 0.358 e. The average molecular weight is 368 g/mol. The van der Waals surface area contributed by atoms with Crippen LogP contribution < -0.4 is 5.32 Å². The molecule has 0 atom stereocenters. The standard InChI is InChI=1S/C22H33N5/c1-9-26(10-2)21-19-18(23-22(7,8)24-21)20(27(11-3)25-19)17-15(5)12-14(4)13-16(17)6/h12-13,23H,9-11H2,1-8H3. The molecule has 1 aromatic carbocycles. The van der Waals surface area contributed by atoms with E-state index in [1.807, 2.05) is 0 Å². The Hall–Kier alpha value is -2.30. The van der Waals surface area contributed by atoms with Crippen molar-refractivity contribution in [2.75, 3.05) is 18.4 Å². The van der Waals surface area contributed by atoms with E-state index >= 15 is 0 Å². The van der Waals surface area contributed by atoms with Crippen LogP contribution in [0.4, 0.5) is 5.69 Å². The highest BCUT2D eigenvalue weighted by Crippen LogP contribution is 2.40. The normalized spacial score (nSPS) is 15.2. The molecule has 0 unspecified atom stereocenters. The lowest BCUT2D eigenvalue weighted by Crippen LogP contribution is -2.41. The topological polar surface area (TPSA) is 45.4 Å². The molecule has 2 aromatic rings. The molecular formula is C22H33N5. The predicted molar refractivity (Wildman–Crippen MR) is 115 cm³/mol. The number of amidine groups is 1. The molecule has 0 fully saturated rings. The molecule has 0 aliphatic carbocycles. The van der Waals surface area contributed by atoms with Gasteiger partial charge in [-0.3, -0.25) is 4.68 Å². The Morgan fingerprint density at radius 1 is 1.04 bits per heavy atom. The molecule has 5 heteroatoms. The molecule has 1 aliphatic rings. The molecule has 0 bridgehead atoms. The van der Waals surface area contributed by atoms with Crippen molar-refractivity contribution >= 4 is 11.5 Å². The number of anilines is 1. The summed E-state index contributed by atoms with van der Waals surface area (Å²) >= 11 is 0. The maximum absolute atomic E-state index is 5.00. The van der Waals surface area contributed by atoms with E-state index in [4.69, 9.17) is 10.1 Å². The summed E-state index contributed by atoms with van der Waals surface area (Å²) in [4.78, 5) is 7.29. The van der Waals surface area contributed by atoms with Crippen molar-refractivity contribution < 1.29 is 0 Å². The molecule has 27 heavy (non-hydrogen) atoms. The number of benzene rings is 1. The van der Waals surface area contributed by atoms with Crippen LogP contribution in [0.3, 0.4) is 0 Å². The van der Waals surface area contributed by atoms with E-state index in [2.05, 4.69) is 82.4 Å². The minimum atomic E-state index is -0.367. The summed E-state index contributed by atoms with van der Waals surface area (Å²) in [6.45, 7) is 20.0. The van der Waals surface area contributed by atoms with Gasteiger partial charge in [-0.25, -0.2) is 4.99 Å². The van der Waals surface area contributed by atoms with E-state index in [0.29, 0.717) is 0 Å². The molecule has 1 aliphatic heterocycles. The molecule has 0 saturated heterocycles. The zero-order chi connectivity index (χ0) is 19.9. The number of aliphatic imine (C=N–C) groups is 1. The second-order valence-corrected chi connectivity index (χ2v) is 7.95. The third-order valence-electron chi connectivity index (χ3n) is 5.26. The van der Waals surface area contributed by atoms with Crippen LogP contribution in [0.2, 0.25) is 0 Å². The SMILES string of the molecule is CCN(CC)C1=NC(C)(C)Nc2c1nn(CC)c2-c1c(C)cc(C)cc1C. The summed E-state index contributed by atoms with van der Waals surface area (Å²) in [7, 11) is 0. The molecule has 0 amide bonds. The van der Waals surface area contributed by atoms with Crippen molar-refractivity contribution in [2.45, 2.75) is 67.6 Å². The van der Waals surface area contributed by atoms with Gasteiger partial charge in [-0.2, -0.15) is 5.10 Å². The minimum absolute atomic E-state index is 0.367. The second-order valence-electron chi connectivity index (χ2n) is 7.95. The third-order valence-corrected chi connectivity index (χ3v) is 5.26. The molecule has 0 spiro atoms. The number of rotatable bonds is 4. The smallest absolute Gasteiger partial charge is 0.156 e. The van der Waals surface area contributed by atoms with Crippen molar-refractivity contribution in [3.63, 3.8) is 0 Å². The monoisotopic (exact) mass is 367 g/mol. The molecular weight excluding hydrogens is 334 g/mol. The van der Waals surface area contributed by atoms with Gasteiger partial charge < -0.3 is 10.2 Å². The van der Waals surface area contributed by atoms with Crippen LogP contribution in [0.5, 0.6) is 0 Å². The van der Waals surface area contributed by atoms with E-state index in [9.17, 15) is 0 Å². The zero-order valence-electron chi connectivity index (χ0n) is 18.1. The fourth-order valence-electron chi connectivity index (χ4n) is 4.17. The minimum Gasteiger partial charge on any atom is -0.358 e. The van der Waals surface area contributed by atoms with Gasteiger partial charge in [0, 0.05) is 25.2 Å². The molecule has 1 aromatic heterocycles.